The summed E-state index contributed by atoms with van der Waals surface area (Å²) in [4.78, 5) is 25.7. The summed E-state index contributed by atoms with van der Waals surface area (Å²) in [6.07, 6.45) is 3.76. The highest BCUT2D eigenvalue weighted by atomic mass is 16.5. The van der Waals surface area contributed by atoms with E-state index in [1.54, 1.807) is 36.4 Å². The molecule has 1 unspecified atom stereocenters. The van der Waals surface area contributed by atoms with Crippen LogP contribution >= 0.6 is 0 Å². The predicted octanol–water partition coefficient (Wildman–Crippen LogP) is 4.95. The van der Waals surface area contributed by atoms with Gasteiger partial charge in [0.2, 0.25) is 5.78 Å². The molecule has 35 heavy (non-hydrogen) atoms. The molecule has 2 aliphatic rings. The third-order valence-corrected chi connectivity index (χ3v) is 6.60. The summed E-state index contributed by atoms with van der Waals surface area (Å²) in [5.74, 6) is 0.147. The zero-order valence-corrected chi connectivity index (χ0v) is 19.1. The van der Waals surface area contributed by atoms with Gasteiger partial charge in [0, 0.05) is 41.2 Å². The number of phenols is 1. The molecule has 1 atom stereocenters. The van der Waals surface area contributed by atoms with E-state index in [9.17, 15) is 14.7 Å². The number of para-hydroxylation sites is 1. The van der Waals surface area contributed by atoms with E-state index in [-0.39, 0.29) is 23.7 Å². The number of hydrogen-bond acceptors (Lipinski definition) is 6. The quantitative estimate of drug-likeness (QED) is 0.261. The fraction of sp³-hybridized carbons (Fsp3) is 0.143. The molecule has 1 N–H and O–H groups in total. The Bertz CT molecular complexity index is 1580. The number of methoxy groups -OCH3 is 1. The molecule has 0 fully saturated rings. The maximum absolute atomic E-state index is 13.3. The number of carbonyl (C=O) groups is 2. The van der Waals surface area contributed by atoms with E-state index in [4.69, 9.17) is 14.2 Å². The molecule has 0 aliphatic carbocycles. The molecular formula is C28H21NO6. The van der Waals surface area contributed by atoms with Gasteiger partial charge in [-0.3, -0.25) is 9.59 Å². The number of nitrogens with zero attached hydrogens (tertiary/aromatic N) is 1. The highest BCUT2D eigenvalue weighted by molar-refractivity contribution is 6.15. The summed E-state index contributed by atoms with van der Waals surface area (Å²) in [6, 6.07) is 16.2. The summed E-state index contributed by atoms with van der Waals surface area (Å²) in [5.41, 5.74) is 3.64. The number of aryl methyl sites for hydroxylation is 1. The summed E-state index contributed by atoms with van der Waals surface area (Å²) in [6.45, 7) is 0. The van der Waals surface area contributed by atoms with Gasteiger partial charge in [0.1, 0.15) is 11.5 Å². The van der Waals surface area contributed by atoms with E-state index in [1.165, 1.54) is 7.11 Å². The molecule has 3 heterocycles. The summed E-state index contributed by atoms with van der Waals surface area (Å²) >= 11 is 0. The Balaban J connectivity index is 1.46. The average molecular weight is 467 g/mol. The highest BCUT2D eigenvalue weighted by Crippen LogP contribution is 2.49. The number of ketones is 1. The Kier molecular flexibility index (Phi) is 4.67. The lowest BCUT2D eigenvalue weighted by atomic mass is 9.84. The van der Waals surface area contributed by atoms with Gasteiger partial charge in [-0.05, 0) is 42.0 Å². The van der Waals surface area contributed by atoms with E-state index in [2.05, 4.69) is 0 Å². The van der Waals surface area contributed by atoms with Gasteiger partial charge in [-0.25, -0.2) is 0 Å². The van der Waals surface area contributed by atoms with E-state index >= 15 is 0 Å². The molecule has 7 heteroatoms. The minimum Gasteiger partial charge on any atom is -0.504 e. The largest absolute Gasteiger partial charge is 0.504 e. The van der Waals surface area contributed by atoms with Crippen LogP contribution in [-0.2, 0) is 11.8 Å². The molecule has 3 aromatic carbocycles. The zero-order valence-electron chi connectivity index (χ0n) is 19.1. The van der Waals surface area contributed by atoms with Gasteiger partial charge in [0.05, 0.1) is 19.1 Å². The van der Waals surface area contributed by atoms with Crippen molar-refractivity contribution < 1.29 is 28.9 Å². The lowest BCUT2D eigenvalue weighted by Crippen LogP contribution is -2.21. The maximum atomic E-state index is 13.3. The van der Waals surface area contributed by atoms with Gasteiger partial charge in [-0.2, -0.15) is 0 Å². The van der Waals surface area contributed by atoms with E-state index in [0.29, 0.717) is 33.9 Å². The summed E-state index contributed by atoms with van der Waals surface area (Å²) in [7, 11) is 3.42. The minimum atomic E-state index is -0.456. The van der Waals surface area contributed by atoms with Crippen molar-refractivity contribution >= 4 is 28.7 Å². The van der Waals surface area contributed by atoms with Crippen LogP contribution < -0.4 is 14.2 Å². The second kappa shape index (κ2) is 7.77. The fourth-order valence-corrected chi connectivity index (χ4v) is 4.94. The SMILES string of the molecule is COc1ccc(C2CC(=O)Oc3ccc4c(c32)O/C(=C\c2cn(C)c3ccccc23)C4=O)cc1O. The van der Waals surface area contributed by atoms with Crippen molar-refractivity contribution in [3.63, 3.8) is 0 Å². The molecule has 0 bridgehead atoms. The average Bonchev–Trinajstić information content (AvgIpc) is 3.35. The number of aromatic hydroxyl groups is 1. The first-order chi connectivity index (χ1) is 16.9. The number of benzene rings is 3. The van der Waals surface area contributed by atoms with Crippen LogP contribution in [0.3, 0.4) is 0 Å². The summed E-state index contributed by atoms with van der Waals surface area (Å²) < 4.78 is 18.8. The highest BCUT2D eigenvalue weighted by Gasteiger charge is 2.38. The number of fused-ring (bicyclic) bond motifs is 4. The third-order valence-electron chi connectivity index (χ3n) is 6.60. The second-order valence-electron chi connectivity index (χ2n) is 8.67. The van der Waals surface area contributed by atoms with Crippen LogP contribution in [0.15, 0.2) is 66.6 Å². The van der Waals surface area contributed by atoms with Crippen LogP contribution in [0.4, 0.5) is 0 Å². The van der Waals surface area contributed by atoms with E-state index < -0.39 is 11.9 Å². The van der Waals surface area contributed by atoms with Crippen molar-refractivity contribution in [2.24, 2.45) is 7.05 Å². The molecule has 2 aliphatic heterocycles. The molecule has 0 amide bonds. The molecule has 0 spiro atoms. The van der Waals surface area contributed by atoms with Crippen molar-refractivity contribution in [2.75, 3.05) is 7.11 Å². The van der Waals surface area contributed by atoms with Gasteiger partial charge in [-0.15, -0.1) is 0 Å². The number of allylic oxidation sites excluding steroid dienone is 1. The maximum Gasteiger partial charge on any atom is 0.312 e. The molecule has 0 saturated carbocycles. The Hall–Kier alpha value is -4.52. The number of ether oxygens (including phenoxy) is 3. The minimum absolute atomic E-state index is 0.0356. The molecule has 6 rings (SSSR count). The van der Waals surface area contributed by atoms with Crippen LogP contribution in [0, 0.1) is 0 Å². The van der Waals surface area contributed by atoms with Crippen molar-refractivity contribution in [1.29, 1.82) is 0 Å². The second-order valence-corrected chi connectivity index (χ2v) is 8.67. The number of carbonyl (C=O) groups excluding carboxylic acids is 2. The molecule has 4 aromatic rings. The van der Waals surface area contributed by atoms with E-state index in [1.807, 2.05) is 42.1 Å². The van der Waals surface area contributed by atoms with Crippen LogP contribution in [0.2, 0.25) is 0 Å². The molecule has 7 nitrogen and oxygen atoms in total. The van der Waals surface area contributed by atoms with Gasteiger partial charge in [0.25, 0.3) is 0 Å². The first kappa shape index (κ1) is 21.0. The standard InChI is InChI=1S/C28H21NO6/c1-29-14-16(17-5-3-4-6-20(17)29)12-24-27(32)18-8-10-23-26(28(18)35-24)19(13-25(31)34-23)15-7-9-22(33-2)21(30)11-15/h3-12,14,19,30H,13H2,1-2H3/b24-12-. The number of rotatable bonds is 3. The smallest absolute Gasteiger partial charge is 0.312 e. The molecule has 1 aromatic heterocycles. The lowest BCUT2D eigenvalue weighted by Gasteiger charge is -2.26. The molecule has 174 valence electrons. The predicted molar refractivity (Wildman–Crippen MR) is 129 cm³/mol. The number of phenolic OH excluding ortho intramolecular Hbond substituents is 1. The Labute approximate surface area is 200 Å². The number of aromatic nitrogens is 1. The number of Topliss-reactive ketones (excluding diaryl/α,β-unsaturated/α-hetero) is 1. The third kappa shape index (κ3) is 3.27. The zero-order chi connectivity index (χ0) is 24.3. The Morgan fingerprint density at radius 2 is 1.91 bits per heavy atom. The van der Waals surface area contributed by atoms with Gasteiger partial charge >= 0.3 is 5.97 Å². The fourth-order valence-electron chi connectivity index (χ4n) is 4.94. The Morgan fingerprint density at radius 3 is 2.71 bits per heavy atom. The lowest BCUT2D eigenvalue weighted by molar-refractivity contribution is -0.135. The van der Waals surface area contributed by atoms with Gasteiger partial charge in [0.15, 0.2) is 17.3 Å². The summed E-state index contributed by atoms with van der Waals surface area (Å²) in [5, 5.41) is 11.3. The van der Waals surface area contributed by atoms with Crippen molar-refractivity contribution in [1.82, 2.24) is 4.57 Å². The first-order valence-electron chi connectivity index (χ1n) is 11.2. The molecule has 0 radical (unpaired) electrons. The van der Waals surface area contributed by atoms with Gasteiger partial charge < -0.3 is 23.9 Å². The van der Waals surface area contributed by atoms with Crippen LogP contribution in [0.25, 0.3) is 17.0 Å². The van der Waals surface area contributed by atoms with Gasteiger partial charge in [-0.1, -0.05) is 24.3 Å². The number of hydrogen-bond donors (Lipinski definition) is 1. The number of esters is 1. The normalized spacial score (nSPS) is 17.8. The van der Waals surface area contributed by atoms with Crippen molar-refractivity contribution in [3.8, 4) is 23.0 Å². The molecule has 0 saturated heterocycles. The van der Waals surface area contributed by atoms with E-state index in [0.717, 1.165) is 16.5 Å². The molecular weight excluding hydrogens is 446 g/mol. The first-order valence-corrected chi connectivity index (χ1v) is 11.2. The van der Waals surface area contributed by atoms with Crippen molar-refractivity contribution in [2.45, 2.75) is 12.3 Å². The van der Waals surface area contributed by atoms with Crippen LogP contribution in [-0.4, -0.2) is 28.5 Å². The topological polar surface area (TPSA) is 87.0 Å². The van der Waals surface area contributed by atoms with Crippen LogP contribution in [0.1, 0.15) is 39.4 Å². The monoisotopic (exact) mass is 467 g/mol. The van der Waals surface area contributed by atoms with Crippen LogP contribution in [0.5, 0.6) is 23.0 Å². The van der Waals surface area contributed by atoms with Crippen molar-refractivity contribution in [3.05, 3.63) is 88.8 Å². The Morgan fingerprint density at radius 1 is 1.09 bits per heavy atom.